The van der Waals surface area contributed by atoms with Crippen LogP contribution in [0.4, 0.5) is 5.69 Å². The van der Waals surface area contributed by atoms with Gasteiger partial charge in [0.25, 0.3) is 0 Å². The average Bonchev–Trinajstić information content (AvgIpc) is 2.92. The number of hydrogen-bond donors (Lipinski definition) is 1. The SMILES string of the molecule is C1=c2ccc3c(c2NC1)C=c1ccccc1=3. The molecule has 1 aliphatic carbocycles. The molecule has 1 heteroatoms. The second-order valence-corrected chi connectivity index (χ2v) is 4.31. The van der Waals surface area contributed by atoms with Gasteiger partial charge < -0.3 is 5.32 Å². The van der Waals surface area contributed by atoms with Crippen LogP contribution in [0.2, 0.25) is 0 Å². The highest BCUT2D eigenvalue weighted by Gasteiger charge is 2.10. The summed E-state index contributed by atoms with van der Waals surface area (Å²) in [6.45, 7) is 0.954. The van der Waals surface area contributed by atoms with Gasteiger partial charge in [0, 0.05) is 17.8 Å². The van der Waals surface area contributed by atoms with Crippen LogP contribution in [0, 0.1) is 10.4 Å². The summed E-state index contributed by atoms with van der Waals surface area (Å²) < 4.78 is 0. The van der Waals surface area contributed by atoms with E-state index < -0.39 is 0 Å². The van der Waals surface area contributed by atoms with Crippen LogP contribution in [0.1, 0.15) is 5.56 Å². The monoisotopic (exact) mass is 205 g/mol. The first-order valence-corrected chi connectivity index (χ1v) is 5.62. The van der Waals surface area contributed by atoms with Gasteiger partial charge in [0.1, 0.15) is 0 Å². The van der Waals surface area contributed by atoms with Crippen LogP contribution in [0.5, 0.6) is 0 Å². The Bertz CT molecular complexity index is 800. The van der Waals surface area contributed by atoms with Crippen LogP contribution < -0.4 is 15.8 Å². The minimum atomic E-state index is 0.954. The smallest absolute Gasteiger partial charge is 0.0493 e. The first kappa shape index (κ1) is 8.17. The van der Waals surface area contributed by atoms with E-state index in [2.05, 4.69) is 53.9 Å². The largest absolute Gasteiger partial charge is 0.381 e. The van der Waals surface area contributed by atoms with E-state index in [1.807, 2.05) is 0 Å². The number of fused-ring (bicyclic) bond motifs is 4. The van der Waals surface area contributed by atoms with Crippen LogP contribution in [0.25, 0.3) is 12.2 Å². The van der Waals surface area contributed by atoms with Crippen molar-refractivity contribution in [2.24, 2.45) is 0 Å². The maximum atomic E-state index is 3.45. The summed E-state index contributed by atoms with van der Waals surface area (Å²) in [7, 11) is 0. The quantitative estimate of drug-likeness (QED) is 0.583. The highest BCUT2D eigenvalue weighted by atomic mass is 14.9. The Morgan fingerprint density at radius 1 is 0.875 bits per heavy atom. The van der Waals surface area contributed by atoms with Crippen molar-refractivity contribution in [2.75, 3.05) is 11.9 Å². The van der Waals surface area contributed by atoms with Crippen molar-refractivity contribution < 1.29 is 0 Å². The first-order valence-electron chi connectivity index (χ1n) is 5.62. The predicted octanol–water partition coefficient (Wildman–Crippen LogP) is 1.32. The maximum Gasteiger partial charge on any atom is 0.0493 e. The highest BCUT2D eigenvalue weighted by Crippen LogP contribution is 2.18. The summed E-state index contributed by atoms with van der Waals surface area (Å²) in [4.78, 5) is 0. The summed E-state index contributed by atoms with van der Waals surface area (Å²) in [5, 5.41) is 8.83. The van der Waals surface area contributed by atoms with Gasteiger partial charge in [0.05, 0.1) is 0 Å². The number of nitrogens with one attached hydrogen (secondary N) is 1. The van der Waals surface area contributed by atoms with E-state index in [1.165, 1.54) is 32.1 Å². The predicted molar refractivity (Wildman–Crippen MR) is 66.3 cm³/mol. The molecule has 0 amide bonds. The van der Waals surface area contributed by atoms with Crippen molar-refractivity contribution in [2.45, 2.75) is 0 Å². The fourth-order valence-corrected chi connectivity index (χ4v) is 2.68. The summed E-state index contributed by atoms with van der Waals surface area (Å²) in [5.41, 5.74) is 2.65. The molecule has 16 heavy (non-hydrogen) atoms. The molecule has 4 rings (SSSR count). The van der Waals surface area contributed by atoms with Crippen LogP contribution >= 0.6 is 0 Å². The van der Waals surface area contributed by atoms with Crippen molar-refractivity contribution in [3.63, 3.8) is 0 Å². The lowest BCUT2D eigenvalue weighted by molar-refractivity contribution is 1.42. The number of benzene rings is 2. The minimum Gasteiger partial charge on any atom is -0.381 e. The zero-order valence-electron chi connectivity index (χ0n) is 8.83. The molecule has 2 aliphatic rings. The van der Waals surface area contributed by atoms with Crippen LogP contribution in [-0.2, 0) is 0 Å². The second-order valence-electron chi connectivity index (χ2n) is 4.31. The Hall–Kier alpha value is -2.02. The maximum absolute atomic E-state index is 3.45. The van der Waals surface area contributed by atoms with Crippen molar-refractivity contribution in [3.05, 3.63) is 62.8 Å². The van der Waals surface area contributed by atoms with E-state index in [9.17, 15) is 0 Å². The van der Waals surface area contributed by atoms with Gasteiger partial charge in [-0.1, -0.05) is 42.5 Å². The lowest BCUT2D eigenvalue weighted by Crippen LogP contribution is -2.03. The van der Waals surface area contributed by atoms with Gasteiger partial charge in [-0.25, -0.2) is 0 Å². The van der Waals surface area contributed by atoms with Crippen LogP contribution in [0.3, 0.4) is 0 Å². The van der Waals surface area contributed by atoms with E-state index in [0.29, 0.717) is 0 Å². The normalized spacial score (nSPS) is 14.2. The summed E-state index contributed by atoms with van der Waals surface area (Å²) in [5.74, 6) is 0. The first-order chi connectivity index (χ1) is 7.93. The fourth-order valence-electron chi connectivity index (χ4n) is 2.68. The zero-order chi connectivity index (χ0) is 10.5. The van der Waals surface area contributed by atoms with Crippen molar-refractivity contribution in [1.29, 1.82) is 0 Å². The van der Waals surface area contributed by atoms with Crippen molar-refractivity contribution >= 4 is 17.8 Å². The topological polar surface area (TPSA) is 12.0 Å². The third-order valence-electron chi connectivity index (χ3n) is 3.43. The molecule has 0 atom stereocenters. The molecule has 1 N–H and O–H groups in total. The van der Waals surface area contributed by atoms with E-state index in [4.69, 9.17) is 0 Å². The van der Waals surface area contributed by atoms with Gasteiger partial charge in [-0.2, -0.15) is 0 Å². The average molecular weight is 205 g/mol. The molecule has 0 saturated heterocycles. The molecule has 2 aromatic rings. The Morgan fingerprint density at radius 3 is 2.81 bits per heavy atom. The zero-order valence-corrected chi connectivity index (χ0v) is 8.83. The second kappa shape index (κ2) is 2.76. The van der Waals surface area contributed by atoms with Gasteiger partial charge in [-0.3, -0.25) is 0 Å². The van der Waals surface area contributed by atoms with E-state index in [-0.39, 0.29) is 0 Å². The van der Waals surface area contributed by atoms with Gasteiger partial charge in [0.2, 0.25) is 0 Å². The minimum absolute atomic E-state index is 0.954. The Labute approximate surface area is 93.1 Å². The Balaban J connectivity index is 2.31. The van der Waals surface area contributed by atoms with E-state index >= 15 is 0 Å². The molecule has 76 valence electrons. The fraction of sp³-hybridized carbons (Fsp3) is 0.0667. The highest BCUT2D eigenvalue weighted by molar-refractivity contribution is 5.74. The molecular formula is C15H11N. The lowest BCUT2D eigenvalue weighted by atomic mass is 10.1. The van der Waals surface area contributed by atoms with E-state index in [0.717, 1.165) is 6.54 Å². The number of anilines is 1. The van der Waals surface area contributed by atoms with Gasteiger partial charge in [-0.05, 0) is 27.0 Å². The van der Waals surface area contributed by atoms with Crippen LogP contribution in [-0.4, -0.2) is 6.54 Å². The molecular weight excluding hydrogens is 194 g/mol. The molecule has 1 aliphatic heterocycles. The molecule has 1 heterocycles. The number of rotatable bonds is 0. The molecule has 0 fully saturated rings. The standard InChI is InChI=1S/C15H11N/c1-2-4-12-11(3-1)9-14-13(12)6-5-10-7-8-16-15(10)14/h1-7,9,16H,8H2. The summed E-state index contributed by atoms with van der Waals surface area (Å²) in [6, 6.07) is 13.0. The molecule has 0 aromatic heterocycles. The summed E-state index contributed by atoms with van der Waals surface area (Å²) in [6.07, 6.45) is 4.53. The molecule has 0 unspecified atom stereocenters. The summed E-state index contributed by atoms with van der Waals surface area (Å²) >= 11 is 0. The van der Waals surface area contributed by atoms with Crippen molar-refractivity contribution in [3.8, 4) is 0 Å². The molecule has 1 nitrogen and oxygen atoms in total. The Kier molecular flexibility index (Phi) is 1.41. The third kappa shape index (κ3) is 0.904. The lowest BCUT2D eigenvalue weighted by Gasteiger charge is -2.02. The molecule has 2 aromatic carbocycles. The number of hydrogen-bond acceptors (Lipinski definition) is 1. The molecule has 0 saturated carbocycles. The Morgan fingerprint density at radius 2 is 1.81 bits per heavy atom. The molecule has 0 spiro atoms. The van der Waals surface area contributed by atoms with Crippen molar-refractivity contribution in [1.82, 2.24) is 0 Å². The van der Waals surface area contributed by atoms with Crippen LogP contribution in [0.15, 0.2) is 36.4 Å². The van der Waals surface area contributed by atoms with Gasteiger partial charge >= 0.3 is 0 Å². The van der Waals surface area contributed by atoms with E-state index in [1.54, 1.807) is 0 Å². The molecule has 0 bridgehead atoms. The van der Waals surface area contributed by atoms with Gasteiger partial charge in [0.15, 0.2) is 0 Å². The van der Waals surface area contributed by atoms with Gasteiger partial charge in [-0.15, -0.1) is 0 Å². The third-order valence-corrected chi connectivity index (χ3v) is 3.43. The molecule has 0 radical (unpaired) electrons.